The third-order valence-corrected chi connectivity index (χ3v) is 6.84. The number of aliphatic hydroxyl groups excluding tert-OH is 2. The first-order valence-corrected chi connectivity index (χ1v) is 10.1. The molecule has 4 atom stereocenters. The van der Waals surface area contributed by atoms with Crippen LogP contribution in [0.15, 0.2) is 59.4 Å². The molecule has 2 N–H and O–H groups in total. The molecule has 1 saturated heterocycles. The second kappa shape index (κ2) is 6.75. The number of β-amino-alcohol motifs (C(OH)–C–C–N with tert-alkyl or cyclic N) is 1. The topological polar surface area (TPSA) is 95.7 Å². The molecule has 5 rings (SSSR count). The monoisotopic (exact) mass is 405 g/mol. The molecule has 2 heterocycles. The van der Waals surface area contributed by atoms with Crippen molar-refractivity contribution in [3.63, 3.8) is 0 Å². The summed E-state index contributed by atoms with van der Waals surface area (Å²) in [7, 11) is 1.53. The Morgan fingerprint density at radius 3 is 2.50 bits per heavy atom. The third-order valence-electron chi connectivity index (χ3n) is 6.84. The Kier molecular flexibility index (Phi) is 4.27. The maximum Gasteiger partial charge on any atom is 0.275 e. The normalized spacial score (nSPS) is 27.7. The van der Waals surface area contributed by atoms with Crippen LogP contribution in [-0.2, 0) is 7.05 Å². The van der Waals surface area contributed by atoms with Crippen molar-refractivity contribution in [1.29, 1.82) is 0 Å². The first-order valence-electron chi connectivity index (χ1n) is 10.1. The molecule has 7 heteroatoms. The highest BCUT2D eigenvalue weighted by atomic mass is 16.3. The van der Waals surface area contributed by atoms with Crippen molar-refractivity contribution >= 4 is 16.7 Å². The van der Waals surface area contributed by atoms with Gasteiger partial charge in [-0.05, 0) is 23.5 Å². The van der Waals surface area contributed by atoms with Gasteiger partial charge in [-0.25, -0.2) is 4.68 Å². The fourth-order valence-electron chi connectivity index (χ4n) is 5.33. The first-order chi connectivity index (χ1) is 14.5. The summed E-state index contributed by atoms with van der Waals surface area (Å²) in [6.45, 7) is 0.480. The van der Waals surface area contributed by atoms with Crippen LogP contribution >= 0.6 is 0 Å². The van der Waals surface area contributed by atoms with Gasteiger partial charge in [-0.15, -0.1) is 0 Å². The summed E-state index contributed by atoms with van der Waals surface area (Å²) >= 11 is 0. The van der Waals surface area contributed by atoms with Gasteiger partial charge in [0.15, 0.2) is 5.69 Å². The molecule has 30 heavy (non-hydrogen) atoms. The molecule has 0 radical (unpaired) electrons. The van der Waals surface area contributed by atoms with Crippen LogP contribution in [0.2, 0.25) is 0 Å². The number of benzene rings is 2. The van der Waals surface area contributed by atoms with Gasteiger partial charge < -0.3 is 15.1 Å². The van der Waals surface area contributed by atoms with Gasteiger partial charge >= 0.3 is 0 Å². The van der Waals surface area contributed by atoms with E-state index in [9.17, 15) is 19.8 Å². The Labute approximate surface area is 173 Å². The van der Waals surface area contributed by atoms with Gasteiger partial charge in [-0.1, -0.05) is 48.5 Å². The second-order valence-electron chi connectivity index (χ2n) is 8.31. The number of hydrogen-bond donors (Lipinski definition) is 2. The Morgan fingerprint density at radius 1 is 1.13 bits per heavy atom. The van der Waals surface area contributed by atoms with Crippen LogP contribution in [-0.4, -0.2) is 56.6 Å². The average molecular weight is 405 g/mol. The predicted octanol–water partition coefficient (Wildman–Crippen LogP) is 1.14. The third kappa shape index (κ3) is 2.55. The van der Waals surface area contributed by atoms with E-state index in [0.717, 1.165) is 5.56 Å². The number of aliphatic hydroxyl groups is 2. The molecule has 1 aliphatic heterocycles. The van der Waals surface area contributed by atoms with E-state index in [1.165, 1.54) is 11.7 Å². The summed E-state index contributed by atoms with van der Waals surface area (Å²) < 4.78 is 1.18. The number of carbonyl (C=O) groups excluding carboxylic acids is 1. The van der Waals surface area contributed by atoms with Crippen LogP contribution in [0.5, 0.6) is 0 Å². The summed E-state index contributed by atoms with van der Waals surface area (Å²) in [5.41, 5.74) is 0.458. The van der Waals surface area contributed by atoms with E-state index in [-0.39, 0.29) is 42.1 Å². The van der Waals surface area contributed by atoms with Crippen molar-refractivity contribution < 1.29 is 15.0 Å². The highest BCUT2D eigenvalue weighted by Crippen LogP contribution is 2.68. The van der Waals surface area contributed by atoms with E-state index in [0.29, 0.717) is 17.3 Å². The molecule has 1 saturated carbocycles. The Morgan fingerprint density at radius 2 is 1.80 bits per heavy atom. The average Bonchev–Trinajstić information content (AvgIpc) is 3.31. The van der Waals surface area contributed by atoms with E-state index in [1.54, 1.807) is 29.2 Å². The second-order valence-corrected chi connectivity index (χ2v) is 8.31. The van der Waals surface area contributed by atoms with Crippen LogP contribution in [0.1, 0.15) is 22.0 Å². The van der Waals surface area contributed by atoms with E-state index in [2.05, 4.69) is 5.10 Å². The number of fused-ring (bicyclic) bond motifs is 1. The van der Waals surface area contributed by atoms with Gasteiger partial charge in [-0.3, -0.25) is 9.59 Å². The van der Waals surface area contributed by atoms with Crippen LogP contribution < -0.4 is 5.56 Å². The molecule has 1 amide bonds. The smallest absolute Gasteiger partial charge is 0.275 e. The zero-order valence-electron chi connectivity index (χ0n) is 16.6. The lowest BCUT2D eigenvalue weighted by atomic mass is 9.95. The van der Waals surface area contributed by atoms with Crippen LogP contribution in [0.3, 0.4) is 0 Å². The summed E-state index contributed by atoms with van der Waals surface area (Å²) in [5, 5.41) is 26.1. The van der Waals surface area contributed by atoms with Crippen molar-refractivity contribution in [2.75, 3.05) is 19.7 Å². The Bertz CT molecular complexity index is 1190. The summed E-state index contributed by atoms with van der Waals surface area (Å²) in [4.78, 5) is 27.4. The molecule has 1 aromatic heterocycles. The molecule has 7 nitrogen and oxygen atoms in total. The maximum absolute atomic E-state index is 13.4. The molecular formula is C23H23N3O4. The zero-order valence-corrected chi connectivity index (χ0v) is 16.6. The van der Waals surface area contributed by atoms with Crippen molar-refractivity contribution in [3.05, 3.63) is 76.2 Å². The molecular weight excluding hydrogens is 382 g/mol. The minimum Gasteiger partial charge on any atom is -0.396 e. The number of aryl methyl sites for hydroxylation is 1. The zero-order chi connectivity index (χ0) is 21.0. The highest BCUT2D eigenvalue weighted by Gasteiger charge is 2.71. The molecule has 0 unspecified atom stereocenters. The van der Waals surface area contributed by atoms with Gasteiger partial charge in [0.2, 0.25) is 0 Å². The molecule has 2 aromatic carbocycles. The van der Waals surface area contributed by atoms with Gasteiger partial charge in [0.1, 0.15) is 0 Å². The number of aromatic nitrogens is 2. The van der Waals surface area contributed by atoms with Gasteiger partial charge in [0.05, 0.1) is 11.5 Å². The quantitative estimate of drug-likeness (QED) is 0.681. The molecule has 0 bridgehead atoms. The van der Waals surface area contributed by atoms with Crippen LogP contribution in [0.4, 0.5) is 0 Å². The number of rotatable bonds is 3. The van der Waals surface area contributed by atoms with Gasteiger partial charge in [0.25, 0.3) is 11.5 Å². The lowest BCUT2D eigenvalue weighted by Gasteiger charge is -2.17. The molecule has 154 valence electrons. The number of hydrogen-bond acceptors (Lipinski definition) is 5. The largest absolute Gasteiger partial charge is 0.396 e. The summed E-state index contributed by atoms with van der Waals surface area (Å²) in [6, 6.07) is 16.8. The fraction of sp³-hybridized carbons (Fsp3) is 0.348. The van der Waals surface area contributed by atoms with E-state index < -0.39 is 11.5 Å². The van der Waals surface area contributed by atoms with Crippen molar-refractivity contribution in [2.24, 2.45) is 18.4 Å². The Hall–Kier alpha value is -3.03. The Balaban J connectivity index is 1.51. The minimum absolute atomic E-state index is 0.00123. The SMILES string of the molecule is Cn1nc(C(=O)N2C[C@H](O)[C@@]3(C2)[C@H](CO)[C@H]3c2ccccc2)c2ccccc2c1=O. The minimum atomic E-state index is -0.734. The van der Waals surface area contributed by atoms with E-state index in [1.807, 2.05) is 30.3 Å². The van der Waals surface area contributed by atoms with Crippen molar-refractivity contribution in [1.82, 2.24) is 14.7 Å². The first kappa shape index (κ1) is 19.0. The number of likely N-dealkylation sites (tertiary alicyclic amines) is 1. The highest BCUT2D eigenvalue weighted by molar-refractivity contribution is 6.05. The van der Waals surface area contributed by atoms with Crippen LogP contribution in [0.25, 0.3) is 10.8 Å². The summed E-state index contributed by atoms with van der Waals surface area (Å²) in [5.74, 6) is -0.410. The fourth-order valence-corrected chi connectivity index (χ4v) is 5.33. The molecule has 1 aliphatic carbocycles. The number of carbonyl (C=O) groups is 1. The number of amides is 1. The molecule has 2 aliphatic rings. The lowest BCUT2D eigenvalue weighted by Crippen LogP contribution is -2.33. The van der Waals surface area contributed by atoms with Gasteiger partial charge in [0, 0.05) is 37.5 Å². The maximum atomic E-state index is 13.4. The van der Waals surface area contributed by atoms with Gasteiger partial charge in [-0.2, -0.15) is 5.10 Å². The molecule has 1 spiro atoms. The van der Waals surface area contributed by atoms with Crippen molar-refractivity contribution in [3.8, 4) is 0 Å². The molecule has 3 aromatic rings. The van der Waals surface area contributed by atoms with E-state index >= 15 is 0 Å². The van der Waals surface area contributed by atoms with Crippen LogP contribution in [0, 0.1) is 11.3 Å². The lowest BCUT2D eigenvalue weighted by molar-refractivity contribution is 0.0758. The van der Waals surface area contributed by atoms with Crippen molar-refractivity contribution in [2.45, 2.75) is 12.0 Å². The molecule has 2 fully saturated rings. The van der Waals surface area contributed by atoms with E-state index in [4.69, 9.17) is 0 Å². The predicted molar refractivity (Wildman–Crippen MR) is 111 cm³/mol. The standard InChI is InChI=1S/C23H23N3O4/c1-25-21(29)16-10-6-5-9-15(16)20(24-25)22(30)26-11-18(28)23(13-26)17(12-27)19(23)14-7-3-2-4-8-14/h2-10,17-19,27-28H,11-13H2,1H3/t17-,18+,19-,23-/m1/s1. The number of nitrogens with zero attached hydrogens (tertiary/aromatic N) is 3. The summed E-state index contributed by atoms with van der Waals surface area (Å²) in [6.07, 6.45) is -0.734.